The molecule has 1 aliphatic carbocycles. The second-order valence-electron chi connectivity index (χ2n) is 4.37. The highest BCUT2D eigenvalue weighted by Gasteiger charge is 2.33. The number of hydrogen-bond donors (Lipinski definition) is 2. The third-order valence-electron chi connectivity index (χ3n) is 2.96. The van der Waals surface area contributed by atoms with Gasteiger partial charge in [-0.05, 0) is 32.4 Å². The first-order chi connectivity index (χ1) is 6.54. The molecule has 0 aliphatic heterocycles. The zero-order chi connectivity index (χ0) is 10.7. The van der Waals surface area contributed by atoms with E-state index in [4.69, 9.17) is 5.11 Å². The molecule has 0 saturated heterocycles. The number of likely N-dealkylation sites (N-methyl/N-ethyl adjacent to an activating group) is 2. The zero-order valence-corrected chi connectivity index (χ0v) is 9.16. The second kappa shape index (κ2) is 4.75. The van der Waals surface area contributed by atoms with Crippen LogP contribution < -0.4 is 5.32 Å². The third kappa shape index (κ3) is 3.27. The van der Waals surface area contributed by atoms with E-state index in [0.29, 0.717) is 6.54 Å². The fraction of sp³-hybridized carbons (Fsp3) is 0.900. The molecule has 3 atom stereocenters. The monoisotopic (exact) mass is 200 g/mol. The Morgan fingerprint density at radius 3 is 2.64 bits per heavy atom. The van der Waals surface area contributed by atoms with Crippen LogP contribution in [0, 0.1) is 11.8 Å². The van der Waals surface area contributed by atoms with E-state index in [9.17, 15) is 4.79 Å². The zero-order valence-electron chi connectivity index (χ0n) is 9.16. The van der Waals surface area contributed by atoms with Crippen molar-refractivity contribution in [1.82, 2.24) is 10.2 Å². The molecule has 0 bridgehead atoms. The Morgan fingerprint density at radius 1 is 1.71 bits per heavy atom. The van der Waals surface area contributed by atoms with E-state index in [1.54, 1.807) is 7.05 Å². The number of carboxylic acid groups (broad SMARTS) is 1. The summed E-state index contributed by atoms with van der Waals surface area (Å²) in [6.45, 7) is 3.84. The van der Waals surface area contributed by atoms with Gasteiger partial charge in [-0.3, -0.25) is 4.79 Å². The molecule has 4 heteroatoms. The summed E-state index contributed by atoms with van der Waals surface area (Å²) in [5.41, 5.74) is 0. The largest absolute Gasteiger partial charge is 0.480 e. The molecule has 0 aromatic rings. The van der Waals surface area contributed by atoms with Gasteiger partial charge in [-0.2, -0.15) is 0 Å². The molecule has 0 aromatic heterocycles. The van der Waals surface area contributed by atoms with E-state index in [1.807, 2.05) is 7.05 Å². The minimum atomic E-state index is -0.775. The molecule has 14 heavy (non-hydrogen) atoms. The summed E-state index contributed by atoms with van der Waals surface area (Å²) in [6, 6.07) is -0.450. The van der Waals surface area contributed by atoms with Crippen LogP contribution in [0.5, 0.6) is 0 Å². The van der Waals surface area contributed by atoms with Crippen molar-refractivity contribution in [2.24, 2.45) is 11.8 Å². The van der Waals surface area contributed by atoms with Crippen LogP contribution in [0.4, 0.5) is 0 Å². The normalized spacial score (nSPS) is 27.7. The van der Waals surface area contributed by atoms with E-state index in [1.165, 1.54) is 6.42 Å². The van der Waals surface area contributed by atoms with Gasteiger partial charge in [0.15, 0.2) is 0 Å². The number of nitrogens with zero attached hydrogens (tertiary/aromatic N) is 1. The molecule has 0 spiro atoms. The van der Waals surface area contributed by atoms with Crippen molar-refractivity contribution in [3.63, 3.8) is 0 Å². The number of rotatable bonds is 6. The third-order valence-corrected chi connectivity index (χ3v) is 2.96. The maximum Gasteiger partial charge on any atom is 0.322 e. The number of nitrogens with one attached hydrogen (secondary N) is 1. The number of carboxylic acids is 1. The summed E-state index contributed by atoms with van der Waals surface area (Å²) in [5.74, 6) is 0.838. The quantitative estimate of drug-likeness (QED) is 0.645. The molecular weight excluding hydrogens is 180 g/mol. The highest BCUT2D eigenvalue weighted by Crippen LogP contribution is 2.37. The van der Waals surface area contributed by atoms with Gasteiger partial charge in [0, 0.05) is 13.1 Å². The van der Waals surface area contributed by atoms with E-state index < -0.39 is 12.0 Å². The van der Waals surface area contributed by atoms with Crippen molar-refractivity contribution >= 4 is 5.97 Å². The molecule has 1 saturated carbocycles. The average Bonchev–Trinajstić information content (AvgIpc) is 2.77. The lowest BCUT2D eigenvalue weighted by molar-refractivity contribution is -0.139. The molecule has 0 radical (unpaired) electrons. The van der Waals surface area contributed by atoms with Gasteiger partial charge in [-0.15, -0.1) is 0 Å². The highest BCUT2D eigenvalue weighted by molar-refractivity contribution is 5.73. The fourth-order valence-electron chi connectivity index (χ4n) is 1.73. The first-order valence-corrected chi connectivity index (χ1v) is 5.13. The van der Waals surface area contributed by atoms with Crippen molar-refractivity contribution < 1.29 is 9.90 Å². The summed E-state index contributed by atoms with van der Waals surface area (Å²) in [4.78, 5) is 12.8. The highest BCUT2D eigenvalue weighted by atomic mass is 16.4. The Balaban J connectivity index is 2.23. The van der Waals surface area contributed by atoms with Crippen molar-refractivity contribution in [2.45, 2.75) is 19.4 Å². The molecular formula is C10H20N2O2. The Hall–Kier alpha value is -0.610. The molecule has 3 unspecified atom stereocenters. The number of aliphatic carboxylic acids is 1. The van der Waals surface area contributed by atoms with Gasteiger partial charge < -0.3 is 15.3 Å². The lowest BCUT2D eigenvalue weighted by atomic mass is 10.2. The van der Waals surface area contributed by atoms with Gasteiger partial charge in [-0.25, -0.2) is 0 Å². The lowest BCUT2D eigenvalue weighted by Gasteiger charge is -2.20. The minimum Gasteiger partial charge on any atom is -0.480 e. The van der Waals surface area contributed by atoms with E-state index in [0.717, 1.165) is 18.4 Å². The molecule has 0 heterocycles. The maximum absolute atomic E-state index is 10.7. The van der Waals surface area contributed by atoms with Crippen molar-refractivity contribution in [2.75, 3.05) is 27.2 Å². The van der Waals surface area contributed by atoms with Gasteiger partial charge in [0.05, 0.1) is 0 Å². The standard InChI is InChI=1S/C10H20N2O2/c1-7-4-8(7)5-12(3)6-9(11-2)10(13)14/h7-9,11H,4-6H2,1-3H3,(H,13,14). The summed E-state index contributed by atoms with van der Waals surface area (Å²) < 4.78 is 0. The van der Waals surface area contributed by atoms with Crippen LogP contribution in [0.15, 0.2) is 0 Å². The maximum atomic E-state index is 10.7. The number of hydrogen-bond acceptors (Lipinski definition) is 3. The lowest BCUT2D eigenvalue weighted by Crippen LogP contribution is -2.43. The van der Waals surface area contributed by atoms with Crippen LogP contribution >= 0.6 is 0 Å². The smallest absolute Gasteiger partial charge is 0.322 e. The van der Waals surface area contributed by atoms with Gasteiger partial charge in [0.1, 0.15) is 6.04 Å². The van der Waals surface area contributed by atoms with Gasteiger partial charge in [-0.1, -0.05) is 6.92 Å². The van der Waals surface area contributed by atoms with Crippen LogP contribution in [0.1, 0.15) is 13.3 Å². The molecule has 1 aliphatic rings. The van der Waals surface area contributed by atoms with Crippen LogP contribution in [0.3, 0.4) is 0 Å². The first-order valence-electron chi connectivity index (χ1n) is 5.13. The van der Waals surface area contributed by atoms with Gasteiger partial charge >= 0.3 is 5.97 Å². The molecule has 0 aromatic carbocycles. The molecule has 1 rings (SSSR count). The van der Waals surface area contributed by atoms with Crippen molar-refractivity contribution in [3.05, 3.63) is 0 Å². The second-order valence-corrected chi connectivity index (χ2v) is 4.37. The molecule has 0 amide bonds. The molecule has 82 valence electrons. The summed E-state index contributed by atoms with van der Waals surface area (Å²) in [6.07, 6.45) is 1.29. The molecule has 1 fully saturated rings. The van der Waals surface area contributed by atoms with E-state index in [-0.39, 0.29) is 0 Å². The van der Waals surface area contributed by atoms with E-state index >= 15 is 0 Å². The summed E-state index contributed by atoms with van der Waals surface area (Å²) in [5, 5.41) is 11.6. The average molecular weight is 200 g/mol. The fourth-order valence-corrected chi connectivity index (χ4v) is 1.73. The Bertz CT molecular complexity index is 208. The number of carbonyl (C=O) groups is 1. The van der Waals surface area contributed by atoms with Crippen LogP contribution in [-0.4, -0.2) is 49.2 Å². The summed E-state index contributed by atoms with van der Waals surface area (Å²) >= 11 is 0. The Labute approximate surface area is 85.3 Å². The van der Waals surface area contributed by atoms with E-state index in [2.05, 4.69) is 17.1 Å². The van der Waals surface area contributed by atoms with Crippen LogP contribution in [0.2, 0.25) is 0 Å². The predicted molar refractivity (Wildman–Crippen MR) is 55.3 cm³/mol. The minimum absolute atomic E-state index is 0.450. The molecule has 2 N–H and O–H groups in total. The first kappa shape index (κ1) is 11.5. The van der Waals surface area contributed by atoms with Gasteiger partial charge in [0.25, 0.3) is 0 Å². The van der Waals surface area contributed by atoms with Crippen LogP contribution in [0.25, 0.3) is 0 Å². The molecule has 4 nitrogen and oxygen atoms in total. The van der Waals surface area contributed by atoms with Crippen LogP contribution in [-0.2, 0) is 4.79 Å². The summed E-state index contributed by atoms with van der Waals surface area (Å²) in [7, 11) is 3.67. The Morgan fingerprint density at radius 2 is 2.29 bits per heavy atom. The van der Waals surface area contributed by atoms with Crippen molar-refractivity contribution in [1.29, 1.82) is 0 Å². The topological polar surface area (TPSA) is 52.6 Å². The van der Waals surface area contributed by atoms with Gasteiger partial charge in [0.2, 0.25) is 0 Å². The van der Waals surface area contributed by atoms with Crippen molar-refractivity contribution in [3.8, 4) is 0 Å². The predicted octanol–water partition coefficient (Wildman–Crippen LogP) is 0.247. The SMILES string of the molecule is CNC(CN(C)CC1CC1C)C(=O)O. The Kier molecular flexibility index (Phi) is 3.89.